The van der Waals surface area contributed by atoms with Gasteiger partial charge in [-0.25, -0.2) is 9.97 Å². The number of hydrogen-bond donors (Lipinski definition) is 1. The van der Waals surface area contributed by atoms with Crippen molar-refractivity contribution >= 4 is 18.1 Å². The minimum atomic E-state index is -4.63. The smallest absolute Gasteiger partial charge is 0.343 e. The highest BCUT2D eigenvalue weighted by Crippen LogP contribution is 2.40. The number of aldehydes is 1. The summed E-state index contributed by atoms with van der Waals surface area (Å²) in [5, 5.41) is 3.16. The lowest BCUT2D eigenvalue weighted by atomic mass is 9.96. The second-order valence-electron chi connectivity index (χ2n) is 8.04. The van der Waals surface area contributed by atoms with Crippen LogP contribution in [-0.2, 0) is 6.18 Å². The zero-order valence-electron chi connectivity index (χ0n) is 17.5. The molecule has 3 aromatic rings. The van der Waals surface area contributed by atoms with E-state index in [4.69, 9.17) is 0 Å². The first-order chi connectivity index (χ1) is 15.8. The van der Waals surface area contributed by atoms with E-state index in [1.807, 2.05) is 6.08 Å². The second kappa shape index (κ2) is 7.91. The number of aliphatic imine (C=N–C) groups is 1. The van der Waals surface area contributed by atoms with Crippen LogP contribution in [-0.4, -0.2) is 27.1 Å². The van der Waals surface area contributed by atoms with Crippen molar-refractivity contribution in [2.75, 3.05) is 0 Å². The molecule has 3 heterocycles. The van der Waals surface area contributed by atoms with E-state index in [1.54, 1.807) is 24.5 Å². The van der Waals surface area contributed by atoms with Crippen molar-refractivity contribution in [1.29, 1.82) is 0 Å². The van der Waals surface area contributed by atoms with Crippen molar-refractivity contribution in [3.8, 4) is 22.5 Å². The largest absolute Gasteiger partial charge is 0.417 e. The van der Waals surface area contributed by atoms with Crippen LogP contribution in [0.5, 0.6) is 0 Å². The van der Waals surface area contributed by atoms with Gasteiger partial charge in [-0.1, -0.05) is 0 Å². The van der Waals surface area contributed by atoms with Gasteiger partial charge in [0.15, 0.2) is 0 Å². The number of nitrogens with zero attached hydrogens (tertiary/aromatic N) is 4. The highest BCUT2D eigenvalue weighted by Gasteiger charge is 2.35. The van der Waals surface area contributed by atoms with Gasteiger partial charge in [-0.15, -0.1) is 0 Å². The number of amidine groups is 1. The predicted octanol–water partition coefficient (Wildman–Crippen LogP) is 5.27. The minimum Gasteiger partial charge on any atom is -0.343 e. The van der Waals surface area contributed by atoms with Crippen molar-refractivity contribution < 1.29 is 18.0 Å². The number of carbonyl (C=O) groups is 1. The fraction of sp³-hybridized carbons (Fsp3) is 0.208. The fourth-order valence-electron chi connectivity index (χ4n) is 3.66. The molecule has 0 saturated heterocycles. The average Bonchev–Trinajstić information content (AvgIpc) is 3.60. The normalized spacial score (nSPS) is 16.7. The van der Waals surface area contributed by atoms with Gasteiger partial charge in [-0.2, -0.15) is 18.2 Å². The van der Waals surface area contributed by atoms with Crippen LogP contribution >= 0.6 is 0 Å². The first kappa shape index (κ1) is 21.0. The molecule has 2 aliphatic rings. The maximum Gasteiger partial charge on any atom is 0.417 e. The summed E-state index contributed by atoms with van der Waals surface area (Å²) in [5.41, 5.74) is 1.50. The lowest BCUT2D eigenvalue weighted by Gasteiger charge is -2.19. The van der Waals surface area contributed by atoms with E-state index in [0.717, 1.165) is 24.6 Å². The standard InChI is InChI=1S/C24H18F3N5O/c1-13-8-18(24(25,26)27)17(9-16(13)12-33)21-10-19(15-4-6-28-7-5-15)30-23(31-21)32-22-11-20(29-22)14-2-3-14/h4-12,14H,2-3H2,1H3,(H,29,30,31,32). The molecule has 33 heavy (non-hydrogen) atoms. The molecule has 1 aliphatic heterocycles. The lowest BCUT2D eigenvalue weighted by Crippen LogP contribution is -2.32. The quantitative estimate of drug-likeness (QED) is 0.537. The third-order valence-electron chi connectivity index (χ3n) is 5.61. The Hall–Kier alpha value is -3.88. The number of benzene rings is 1. The van der Waals surface area contributed by atoms with Crippen molar-refractivity contribution in [3.05, 3.63) is 71.2 Å². The van der Waals surface area contributed by atoms with E-state index in [-0.39, 0.29) is 28.3 Å². The van der Waals surface area contributed by atoms with Crippen molar-refractivity contribution in [2.24, 2.45) is 10.9 Å². The molecule has 1 saturated carbocycles. The number of halogens is 3. The van der Waals surface area contributed by atoms with Crippen LogP contribution in [0, 0.1) is 12.8 Å². The number of allylic oxidation sites excluding steroid dienone is 1. The number of hydrogen-bond acceptors (Lipinski definition) is 5. The van der Waals surface area contributed by atoms with Crippen LogP contribution in [0.25, 0.3) is 22.5 Å². The zero-order valence-corrected chi connectivity index (χ0v) is 17.5. The van der Waals surface area contributed by atoms with Crippen LogP contribution < -0.4 is 5.32 Å². The van der Waals surface area contributed by atoms with Gasteiger partial charge >= 0.3 is 6.18 Å². The Morgan fingerprint density at radius 2 is 1.79 bits per heavy atom. The molecule has 1 N–H and O–H groups in total. The van der Waals surface area contributed by atoms with Crippen LogP contribution in [0.2, 0.25) is 0 Å². The SMILES string of the molecule is Cc1cc(C(F)(F)F)c(-c2cc(-c3ccncc3)nc(N=C3C=C(C4CC4)N3)n2)cc1C=O. The molecule has 0 bridgehead atoms. The third kappa shape index (κ3) is 4.26. The molecule has 0 radical (unpaired) electrons. The maximum atomic E-state index is 13.9. The van der Waals surface area contributed by atoms with Gasteiger partial charge in [-0.3, -0.25) is 9.78 Å². The second-order valence-corrected chi connectivity index (χ2v) is 8.04. The summed E-state index contributed by atoms with van der Waals surface area (Å²) in [5.74, 6) is 1.12. The highest BCUT2D eigenvalue weighted by molar-refractivity contribution is 6.02. The Labute approximate surface area is 187 Å². The monoisotopic (exact) mass is 449 g/mol. The molecule has 6 nitrogen and oxygen atoms in total. The predicted molar refractivity (Wildman–Crippen MR) is 117 cm³/mol. The van der Waals surface area contributed by atoms with E-state index < -0.39 is 11.7 Å². The molecule has 166 valence electrons. The molecular weight excluding hydrogens is 431 g/mol. The lowest BCUT2D eigenvalue weighted by molar-refractivity contribution is -0.137. The molecule has 1 aliphatic carbocycles. The Morgan fingerprint density at radius 3 is 2.42 bits per heavy atom. The summed E-state index contributed by atoms with van der Waals surface area (Å²) in [6, 6.07) is 7.05. The van der Waals surface area contributed by atoms with E-state index in [9.17, 15) is 18.0 Å². The zero-order chi connectivity index (χ0) is 23.2. The number of aromatic nitrogens is 3. The maximum absolute atomic E-state index is 13.9. The molecule has 0 amide bonds. The molecular formula is C24H18F3N5O. The minimum absolute atomic E-state index is 0.0225. The van der Waals surface area contributed by atoms with Gasteiger partial charge in [0.1, 0.15) is 12.1 Å². The van der Waals surface area contributed by atoms with Crippen LogP contribution in [0.4, 0.5) is 19.1 Å². The summed E-state index contributed by atoms with van der Waals surface area (Å²) in [6.45, 7) is 1.47. The van der Waals surface area contributed by atoms with Gasteiger partial charge in [0.05, 0.1) is 17.0 Å². The molecule has 2 aromatic heterocycles. The van der Waals surface area contributed by atoms with E-state index in [0.29, 0.717) is 29.3 Å². The molecule has 0 spiro atoms. The first-order valence-corrected chi connectivity index (χ1v) is 10.4. The summed E-state index contributed by atoms with van der Waals surface area (Å²) in [4.78, 5) is 28.6. The molecule has 1 aromatic carbocycles. The Balaban J connectivity index is 1.68. The molecule has 5 rings (SSSR count). The Bertz CT molecular complexity index is 1310. The molecule has 9 heteroatoms. The van der Waals surface area contributed by atoms with Gasteiger partial charge in [-0.05, 0) is 61.6 Å². The average molecular weight is 449 g/mol. The van der Waals surface area contributed by atoms with Gasteiger partial charge in [0, 0.05) is 40.9 Å². The van der Waals surface area contributed by atoms with Crippen LogP contribution in [0.1, 0.15) is 34.3 Å². The van der Waals surface area contributed by atoms with Crippen molar-refractivity contribution in [1.82, 2.24) is 20.3 Å². The summed E-state index contributed by atoms with van der Waals surface area (Å²) in [6.07, 6.45) is 3.21. The number of rotatable bonds is 5. The van der Waals surface area contributed by atoms with Crippen LogP contribution in [0.3, 0.4) is 0 Å². The van der Waals surface area contributed by atoms with Gasteiger partial charge < -0.3 is 5.32 Å². The topological polar surface area (TPSA) is 80.1 Å². The fourth-order valence-corrected chi connectivity index (χ4v) is 3.66. The third-order valence-corrected chi connectivity index (χ3v) is 5.61. The molecule has 1 fully saturated rings. The first-order valence-electron chi connectivity index (χ1n) is 10.4. The van der Waals surface area contributed by atoms with Crippen molar-refractivity contribution in [3.63, 3.8) is 0 Å². The number of alkyl halides is 3. The number of pyridine rings is 1. The number of nitrogens with one attached hydrogen (secondary N) is 1. The summed E-state index contributed by atoms with van der Waals surface area (Å²) < 4.78 is 41.7. The summed E-state index contributed by atoms with van der Waals surface area (Å²) in [7, 11) is 0. The van der Waals surface area contributed by atoms with E-state index >= 15 is 0 Å². The Morgan fingerprint density at radius 1 is 1.09 bits per heavy atom. The molecule has 0 atom stereocenters. The van der Waals surface area contributed by atoms with Crippen molar-refractivity contribution in [2.45, 2.75) is 25.9 Å². The highest BCUT2D eigenvalue weighted by atomic mass is 19.4. The number of aryl methyl sites for hydroxylation is 1. The van der Waals surface area contributed by atoms with E-state index in [2.05, 4.69) is 25.3 Å². The van der Waals surface area contributed by atoms with E-state index in [1.165, 1.54) is 19.1 Å². The molecule has 0 unspecified atom stereocenters. The van der Waals surface area contributed by atoms with Crippen LogP contribution in [0.15, 0.2) is 59.5 Å². The van der Waals surface area contributed by atoms with Gasteiger partial charge in [0.25, 0.3) is 5.95 Å². The number of carbonyl (C=O) groups excluding carboxylic acids is 1. The Kier molecular flexibility index (Phi) is 5.03. The summed E-state index contributed by atoms with van der Waals surface area (Å²) >= 11 is 0. The van der Waals surface area contributed by atoms with Gasteiger partial charge in [0.2, 0.25) is 0 Å².